The van der Waals surface area contributed by atoms with Gasteiger partial charge >= 0.3 is 5.97 Å². The molecule has 1 amide bonds. The van der Waals surface area contributed by atoms with Gasteiger partial charge in [-0.05, 0) is 93.1 Å². The number of hydrogen-bond acceptors (Lipinski definition) is 7. The summed E-state index contributed by atoms with van der Waals surface area (Å²) in [5.41, 5.74) is 2.22. The lowest BCUT2D eigenvalue weighted by molar-refractivity contribution is -0.149. The highest BCUT2D eigenvalue weighted by Crippen LogP contribution is 2.27. The Bertz CT molecular complexity index is 1180. The Labute approximate surface area is 223 Å². The Balaban J connectivity index is 1.03. The number of carbonyl (C=O) groups excluding carboxylic acids is 2. The van der Waals surface area contributed by atoms with Crippen molar-refractivity contribution in [1.82, 2.24) is 14.8 Å². The van der Waals surface area contributed by atoms with Gasteiger partial charge in [0.05, 0.1) is 25.8 Å². The number of benzene rings is 2. The number of carbonyl (C=O) groups is 2. The third-order valence-corrected chi connectivity index (χ3v) is 7.67. The molecular weight excluding hydrogens is 482 g/mol. The number of nitrogens with zero attached hydrogens (tertiary/aromatic N) is 3. The van der Waals surface area contributed by atoms with Crippen LogP contribution in [0.4, 0.5) is 0 Å². The fourth-order valence-electron chi connectivity index (χ4n) is 5.37. The summed E-state index contributed by atoms with van der Waals surface area (Å²) in [4.78, 5) is 32.8. The van der Waals surface area contributed by atoms with Crippen molar-refractivity contribution in [3.8, 4) is 23.0 Å². The fourth-order valence-corrected chi connectivity index (χ4v) is 5.37. The van der Waals surface area contributed by atoms with Gasteiger partial charge in [-0.15, -0.1) is 0 Å². The van der Waals surface area contributed by atoms with E-state index in [9.17, 15) is 9.59 Å². The van der Waals surface area contributed by atoms with Crippen LogP contribution in [0.2, 0.25) is 0 Å². The highest BCUT2D eigenvalue weighted by atomic mass is 16.5. The van der Waals surface area contributed by atoms with Crippen LogP contribution in [-0.2, 0) is 20.7 Å². The van der Waals surface area contributed by atoms with Crippen LogP contribution in [0.5, 0.6) is 11.5 Å². The number of esters is 1. The number of hydrogen-bond donors (Lipinski definition) is 0. The van der Waals surface area contributed by atoms with Crippen molar-refractivity contribution in [2.75, 3.05) is 39.8 Å². The van der Waals surface area contributed by atoms with Crippen LogP contribution < -0.4 is 4.74 Å². The molecule has 2 saturated heterocycles. The lowest BCUT2D eigenvalue weighted by Gasteiger charge is -2.35. The SMILES string of the molecule is COC(=O)C1CCN(C(=O)CN2CCC(Cc3ccc(Oc4ccc(-c5ncco5)cc4)cc3)CC2)CC1. The van der Waals surface area contributed by atoms with E-state index in [-0.39, 0.29) is 17.8 Å². The predicted octanol–water partition coefficient (Wildman–Crippen LogP) is 4.80. The van der Waals surface area contributed by atoms with Gasteiger partial charge in [0.15, 0.2) is 0 Å². The summed E-state index contributed by atoms with van der Waals surface area (Å²) in [6.07, 6.45) is 7.80. The molecule has 200 valence electrons. The smallest absolute Gasteiger partial charge is 0.308 e. The number of oxazole rings is 1. The minimum absolute atomic E-state index is 0.0717. The molecule has 0 saturated carbocycles. The molecule has 0 unspecified atom stereocenters. The number of piperidine rings is 2. The zero-order chi connectivity index (χ0) is 26.3. The molecule has 0 N–H and O–H groups in total. The Kier molecular flexibility index (Phi) is 8.38. The second-order valence-electron chi connectivity index (χ2n) is 10.2. The molecule has 38 heavy (non-hydrogen) atoms. The van der Waals surface area contributed by atoms with Gasteiger partial charge in [-0.25, -0.2) is 4.98 Å². The molecular formula is C30H35N3O5. The summed E-state index contributed by atoms with van der Waals surface area (Å²) in [6.45, 7) is 3.64. The van der Waals surface area contributed by atoms with E-state index in [1.54, 1.807) is 12.5 Å². The molecule has 3 aromatic rings. The number of amides is 1. The third kappa shape index (κ3) is 6.61. The van der Waals surface area contributed by atoms with Crippen LogP contribution in [0.15, 0.2) is 65.4 Å². The van der Waals surface area contributed by atoms with Gasteiger partial charge < -0.3 is 18.8 Å². The second-order valence-corrected chi connectivity index (χ2v) is 10.2. The Morgan fingerprint density at radius 2 is 1.58 bits per heavy atom. The molecule has 0 aliphatic carbocycles. The van der Waals surface area contributed by atoms with Crippen molar-refractivity contribution in [1.29, 1.82) is 0 Å². The minimum Gasteiger partial charge on any atom is -0.469 e. The molecule has 0 bridgehead atoms. The number of rotatable bonds is 8. The standard InChI is InChI=1S/C30H35N3O5/c1-36-30(35)25-12-17-33(18-13-25)28(34)21-32-15-10-23(11-16-32)20-22-2-6-26(7-3-22)38-27-8-4-24(5-9-27)29-31-14-19-37-29/h2-9,14,19,23,25H,10-13,15-18,20-21H2,1H3. The molecule has 3 heterocycles. The Hall–Kier alpha value is -3.65. The minimum atomic E-state index is -0.157. The van der Waals surface area contributed by atoms with Gasteiger partial charge in [-0.2, -0.15) is 0 Å². The highest BCUT2D eigenvalue weighted by Gasteiger charge is 2.29. The summed E-state index contributed by atoms with van der Waals surface area (Å²) in [5.74, 6) is 2.73. The fraction of sp³-hybridized carbons (Fsp3) is 0.433. The van der Waals surface area contributed by atoms with Crippen LogP contribution in [0, 0.1) is 11.8 Å². The Morgan fingerprint density at radius 1 is 0.921 bits per heavy atom. The quantitative estimate of drug-likeness (QED) is 0.397. The van der Waals surface area contributed by atoms with Crippen LogP contribution in [0.3, 0.4) is 0 Å². The second kappa shape index (κ2) is 12.3. The third-order valence-electron chi connectivity index (χ3n) is 7.67. The average Bonchev–Trinajstić information content (AvgIpc) is 3.50. The van der Waals surface area contributed by atoms with Crippen LogP contribution in [0.25, 0.3) is 11.5 Å². The van der Waals surface area contributed by atoms with E-state index < -0.39 is 0 Å². The van der Waals surface area contributed by atoms with E-state index in [1.165, 1.54) is 12.7 Å². The van der Waals surface area contributed by atoms with Crippen LogP contribution >= 0.6 is 0 Å². The maximum absolute atomic E-state index is 12.8. The van der Waals surface area contributed by atoms with Gasteiger partial charge in [0.2, 0.25) is 11.8 Å². The summed E-state index contributed by atoms with van der Waals surface area (Å²) >= 11 is 0. The topological polar surface area (TPSA) is 85.1 Å². The van der Waals surface area contributed by atoms with Gasteiger partial charge in [-0.1, -0.05) is 12.1 Å². The monoisotopic (exact) mass is 517 g/mol. The molecule has 0 atom stereocenters. The van der Waals surface area contributed by atoms with Crippen molar-refractivity contribution in [3.63, 3.8) is 0 Å². The number of likely N-dealkylation sites (tertiary alicyclic amines) is 2. The molecule has 5 rings (SSSR count). The van der Waals surface area contributed by atoms with E-state index >= 15 is 0 Å². The first-order valence-corrected chi connectivity index (χ1v) is 13.4. The lowest BCUT2D eigenvalue weighted by atomic mass is 9.90. The van der Waals surface area contributed by atoms with Crippen molar-refractivity contribution in [2.45, 2.75) is 32.1 Å². The van der Waals surface area contributed by atoms with Crippen molar-refractivity contribution >= 4 is 11.9 Å². The molecule has 1 aromatic heterocycles. The number of methoxy groups -OCH3 is 1. The molecule has 2 aliphatic heterocycles. The maximum Gasteiger partial charge on any atom is 0.308 e. The zero-order valence-corrected chi connectivity index (χ0v) is 21.9. The van der Waals surface area contributed by atoms with E-state index in [0.29, 0.717) is 44.3 Å². The van der Waals surface area contributed by atoms with E-state index in [1.807, 2.05) is 41.3 Å². The molecule has 2 fully saturated rings. The number of ether oxygens (including phenoxy) is 2. The van der Waals surface area contributed by atoms with Gasteiger partial charge in [-0.3, -0.25) is 14.5 Å². The van der Waals surface area contributed by atoms with Crippen molar-refractivity contribution < 1.29 is 23.5 Å². The molecule has 0 radical (unpaired) electrons. The largest absolute Gasteiger partial charge is 0.469 e. The van der Waals surface area contributed by atoms with E-state index in [0.717, 1.165) is 49.4 Å². The maximum atomic E-state index is 12.8. The molecule has 0 spiro atoms. The summed E-state index contributed by atoms with van der Waals surface area (Å²) in [5, 5.41) is 0. The first-order valence-electron chi connectivity index (χ1n) is 13.4. The number of aromatic nitrogens is 1. The summed E-state index contributed by atoms with van der Waals surface area (Å²) in [6, 6.07) is 16.0. The van der Waals surface area contributed by atoms with Crippen molar-refractivity contribution in [2.24, 2.45) is 11.8 Å². The molecule has 8 heteroatoms. The van der Waals surface area contributed by atoms with Gasteiger partial charge in [0, 0.05) is 18.7 Å². The van der Waals surface area contributed by atoms with Crippen LogP contribution in [0.1, 0.15) is 31.2 Å². The zero-order valence-electron chi connectivity index (χ0n) is 21.9. The van der Waals surface area contributed by atoms with Gasteiger partial charge in [0.25, 0.3) is 0 Å². The first-order chi connectivity index (χ1) is 18.6. The molecule has 2 aromatic carbocycles. The Morgan fingerprint density at radius 3 is 2.18 bits per heavy atom. The van der Waals surface area contributed by atoms with Gasteiger partial charge in [0.1, 0.15) is 17.8 Å². The summed E-state index contributed by atoms with van der Waals surface area (Å²) < 4.78 is 16.2. The summed E-state index contributed by atoms with van der Waals surface area (Å²) in [7, 11) is 1.43. The lowest BCUT2D eigenvalue weighted by Crippen LogP contribution is -2.47. The van der Waals surface area contributed by atoms with E-state index in [4.69, 9.17) is 13.9 Å². The average molecular weight is 518 g/mol. The highest BCUT2D eigenvalue weighted by molar-refractivity contribution is 5.79. The predicted molar refractivity (Wildman–Crippen MR) is 143 cm³/mol. The van der Waals surface area contributed by atoms with Crippen LogP contribution in [-0.4, -0.2) is 66.5 Å². The van der Waals surface area contributed by atoms with Crippen molar-refractivity contribution in [3.05, 3.63) is 66.6 Å². The molecule has 2 aliphatic rings. The normalized spacial score (nSPS) is 17.3. The molecule has 8 nitrogen and oxygen atoms in total. The van der Waals surface area contributed by atoms with E-state index in [2.05, 4.69) is 22.0 Å². The first kappa shape index (κ1) is 26.0.